The van der Waals surface area contributed by atoms with Crippen molar-refractivity contribution >= 4 is 5.97 Å². The van der Waals surface area contributed by atoms with Crippen LogP contribution in [0, 0.1) is 0 Å². The molecule has 0 aromatic heterocycles. The molecule has 3 heteroatoms. The van der Waals surface area contributed by atoms with E-state index >= 15 is 0 Å². The molecule has 0 fully saturated rings. The number of aryl methyl sites for hydroxylation is 1. The van der Waals surface area contributed by atoms with Gasteiger partial charge in [-0.15, -0.1) is 0 Å². The van der Waals surface area contributed by atoms with Crippen molar-refractivity contribution in [3.63, 3.8) is 0 Å². The van der Waals surface area contributed by atoms with Crippen LogP contribution in [0.1, 0.15) is 48.0 Å². The predicted molar refractivity (Wildman–Crippen MR) is 90.2 cm³/mol. The molecule has 2 N–H and O–H groups in total. The van der Waals surface area contributed by atoms with E-state index in [2.05, 4.69) is 6.07 Å². The summed E-state index contributed by atoms with van der Waals surface area (Å²) in [7, 11) is 1.43. The second-order valence-electron chi connectivity index (χ2n) is 5.62. The van der Waals surface area contributed by atoms with Crippen molar-refractivity contribution in [3.8, 4) is 11.1 Å². The van der Waals surface area contributed by atoms with E-state index in [0.717, 1.165) is 36.9 Å². The summed E-state index contributed by atoms with van der Waals surface area (Å²) in [5.74, 6) is -0.259. The molecule has 2 rings (SSSR count). The van der Waals surface area contributed by atoms with E-state index in [1.807, 2.05) is 30.3 Å². The summed E-state index contributed by atoms with van der Waals surface area (Å²) in [5.41, 5.74) is 9.56. The molecule has 0 saturated carbocycles. The topological polar surface area (TPSA) is 52.3 Å². The third-order valence-corrected chi connectivity index (χ3v) is 4.05. The third-order valence-electron chi connectivity index (χ3n) is 4.05. The van der Waals surface area contributed by atoms with Crippen molar-refractivity contribution in [1.82, 2.24) is 0 Å². The highest BCUT2D eigenvalue weighted by Gasteiger charge is 2.19. The number of esters is 1. The first-order valence-corrected chi connectivity index (χ1v) is 8.07. The summed E-state index contributed by atoms with van der Waals surface area (Å²) < 4.78 is 4.91. The number of nitrogens with two attached hydrogens (primary N) is 1. The zero-order valence-electron chi connectivity index (χ0n) is 13.3. The maximum atomic E-state index is 12.0. The fraction of sp³-hybridized carbons (Fsp3) is 0.421. The van der Waals surface area contributed by atoms with Crippen molar-refractivity contribution in [1.29, 1.82) is 0 Å². The second kappa shape index (κ2) is 8.54. The van der Waals surface area contributed by atoms with Crippen LogP contribution in [-0.4, -0.2) is 19.6 Å². The SMILES string of the molecule is COC(=O)c1cc(CCCCCCCN)c2cccccc1-2. The Kier molecular flexibility index (Phi) is 6.41. The molecular weight excluding hydrogens is 274 g/mol. The summed E-state index contributed by atoms with van der Waals surface area (Å²) in [5, 5.41) is 0. The molecular formula is C19H25NO2. The van der Waals surface area contributed by atoms with Gasteiger partial charge >= 0.3 is 5.97 Å². The van der Waals surface area contributed by atoms with Gasteiger partial charge in [0.2, 0.25) is 0 Å². The highest BCUT2D eigenvalue weighted by Crippen LogP contribution is 2.33. The highest BCUT2D eigenvalue weighted by atomic mass is 16.5. The van der Waals surface area contributed by atoms with E-state index in [1.54, 1.807) is 0 Å². The van der Waals surface area contributed by atoms with Gasteiger partial charge in [0.25, 0.3) is 0 Å². The average molecular weight is 299 g/mol. The minimum atomic E-state index is -0.259. The van der Waals surface area contributed by atoms with E-state index in [1.165, 1.54) is 31.9 Å². The molecule has 0 radical (unpaired) electrons. The van der Waals surface area contributed by atoms with Crippen LogP contribution >= 0.6 is 0 Å². The van der Waals surface area contributed by atoms with Crippen LogP contribution in [0.4, 0.5) is 0 Å². The Balaban J connectivity index is 2.08. The normalized spacial score (nSPS) is 10.8. The molecule has 22 heavy (non-hydrogen) atoms. The fourth-order valence-electron chi connectivity index (χ4n) is 2.87. The maximum Gasteiger partial charge on any atom is 0.338 e. The van der Waals surface area contributed by atoms with Crippen LogP contribution in [0.25, 0.3) is 11.1 Å². The van der Waals surface area contributed by atoms with Crippen LogP contribution < -0.4 is 5.73 Å². The van der Waals surface area contributed by atoms with E-state index in [9.17, 15) is 4.79 Å². The van der Waals surface area contributed by atoms with Gasteiger partial charge in [-0.2, -0.15) is 0 Å². The van der Waals surface area contributed by atoms with Crippen LogP contribution in [0.2, 0.25) is 0 Å². The van der Waals surface area contributed by atoms with Gasteiger partial charge in [0.1, 0.15) is 0 Å². The molecule has 0 atom stereocenters. The molecule has 0 heterocycles. The largest absolute Gasteiger partial charge is 0.465 e. The van der Waals surface area contributed by atoms with E-state index in [4.69, 9.17) is 10.5 Å². The summed E-state index contributed by atoms with van der Waals surface area (Å²) in [6.07, 6.45) is 6.90. The molecule has 0 amide bonds. The van der Waals surface area contributed by atoms with Gasteiger partial charge in [-0.3, -0.25) is 0 Å². The zero-order chi connectivity index (χ0) is 15.8. The van der Waals surface area contributed by atoms with Crippen LogP contribution in [-0.2, 0) is 11.2 Å². The van der Waals surface area contributed by atoms with Crippen molar-refractivity contribution < 1.29 is 9.53 Å². The number of methoxy groups -OCH3 is 1. The minimum absolute atomic E-state index is 0.259. The Morgan fingerprint density at radius 2 is 1.68 bits per heavy atom. The van der Waals surface area contributed by atoms with Crippen molar-refractivity contribution in [3.05, 3.63) is 47.5 Å². The Hall–Kier alpha value is -1.87. The molecule has 0 aromatic carbocycles. The Morgan fingerprint density at radius 1 is 1.00 bits per heavy atom. The molecule has 2 aliphatic rings. The van der Waals surface area contributed by atoms with Crippen molar-refractivity contribution in [2.75, 3.05) is 13.7 Å². The Bertz CT molecular complexity index is 580. The molecule has 3 nitrogen and oxygen atoms in total. The quantitative estimate of drug-likeness (QED) is 0.591. The van der Waals surface area contributed by atoms with E-state index < -0.39 is 0 Å². The lowest BCUT2D eigenvalue weighted by Gasteiger charge is -2.03. The molecule has 0 unspecified atom stereocenters. The predicted octanol–water partition coefficient (Wildman–Crippen LogP) is 4.03. The second-order valence-corrected chi connectivity index (χ2v) is 5.62. The molecule has 0 aliphatic heterocycles. The number of rotatable bonds is 8. The lowest BCUT2D eigenvalue weighted by Crippen LogP contribution is -1.99. The first-order chi connectivity index (χ1) is 10.8. The smallest absolute Gasteiger partial charge is 0.338 e. The number of carbonyl (C=O) groups excluding carboxylic acids is 1. The van der Waals surface area contributed by atoms with Crippen LogP contribution in [0.15, 0.2) is 36.4 Å². The van der Waals surface area contributed by atoms with Gasteiger partial charge in [-0.05, 0) is 48.6 Å². The first kappa shape index (κ1) is 16.5. The fourth-order valence-corrected chi connectivity index (χ4v) is 2.87. The van der Waals surface area contributed by atoms with Crippen LogP contribution in [0.5, 0.6) is 0 Å². The minimum Gasteiger partial charge on any atom is -0.465 e. The maximum absolute atomic E-state index is 12.0. The summed E-state index contributed by atoms with van der Waals surface area (Å²) in [4.78, 5) is 12.0. The lowest BCUT2D eigenvalue weighted by atomic mass is 10.0. The molecule has 0 saturated heterocycles. The van der Waals surface area contributed by atoms with Gasteiger partial charge < -0.3 is 10.5 Å². The number of carbonyl (C=O) groups is 1. The van der Waals surface area contributed by atoms with E-state index in [0.29, 0.717) is 5.56 Å². The van der Waals surface area contributed by atoms with Crippen molar-refractivity contribution in [2.24, 2.45) is 5.73 Å². The molecule has 118 valence electrons. The number of hydrogen-bond donors (Lipinski definition) is 1. The standard InChI is InChI=1S/C19H25NO2/c1-22-19(21)18-14-15(10-6-3-2-4-9-13-20)16-11-7-5-8-12-17(16)18/h5,7-8,11-12,14H,2-4,6,9-10,13,20H2,1H3. The number of hydrogen-bond acceptors (Lipinski definition) is 3. The summed E-state index contributed by atoms with van der Waals surface area (Å²) in [6, 6.07) is 12.0. The van der Waals surface area contributed by atoms with Gasteiger partial charge in [-0.1, -0.05) is 49.6 Å². The van der Waals surface area contributed by atoms with Gasteiger partial charge in [0, 0.05) is 0 Å². The molecule has 0 bridgehead atoms. The van der Waals surface area contributed by atoms with Gasteiger partial charge in [0.15, 0.2) is 0 Å². The lowest BCUT2D eigenvalue weighted by molar-refractivity contribution is 0.0602. The third kappa shape index (κ3) is 4.08. The summed E-state index contributed by atoms with van der Waals surface area (Å²) in [6.45, 7) is 0.784. The Labute approximate surface area is 132 Å². The van der Waals surface area contributed by atoms with Crippen molar-refractivity contribution in [2.45, 2.75) is 38.5 Å². The number of fused-ring (bicyclic) bond motifs is 1. The monoisotopic (exact) mass is 299 g/mol. The number of unbranched alkanes of at least 4 members (excludes halogenated alkanes) is 4. The molecule has 0 spiro atoms. The highest BCUT2D eigenvalue weighted by molar-refractivity contribution is 6.00. The molecule has 2 aliphatic carbocycles. The average Bonchev–Trinajstić information content (AvgIpc) is 2.72. The first-order valence-electron chi connectivity index (χ1n) is 8.07. The zero-order valence-corrected chi connectivity index (χ0v) is 13.3. The van der Waals surface area contributed by atoms with Gasteiger partial charge in [-0.25, -0.2) is 4.79 Å². The summed E-state index contributed by atoms with van der Waals surface area (Å²) >= 11 is 0. The number of ether oxygens (including phenoxy) is 1. The molecule has 0 aromatic rings. The Morgan fingerprint density at radius 3 is 2.41 bits per heavy atom. The van der Waals surface area contributed by atoms with E-state index in [-0.39, 0.29) is 5.97 Å². The van der Waals surface area contributed by atoms with Crippen LogP contribution in [0.3, 0.4) is 0 Å². The van der Waals surface area contributed by atoms with Gasteiger partial charge in [0.05, 0.1) is 12.7 Å².